The third-order valence-electron chi connectivity index (χ3n) is 5.97. The minimum absolute atomic E-state index is 0.121. The lowest BCUT2D eigenvalue weighted by molar-refractivity contribution is -0.122. The summed E-state index contributed by atoms with van der Waals surface area (Å²) in [7, 11) is 6.54. The van der Waals surface area contributed by atoms with Crippen LogP contribution in [-0.2, 0) is 9.53 Å². The number of amides is 1. The van der Waals surface area contributed by atoms with Crippen LogP contribution in [0.2, 0.25) is 0 Å². The summed E-state index contributed by atoms with van der Waals surface area (Å²) in [5, 5.41) is 0.600. The molecule has 0 saturated carbocycles. The van der Waals surface area contributed by atoms with Gasteiger partial charge in [0.25, 0.3) is 5.91 Å². The summed E-state index contributed by atoms with van der Waals surface area (Å²) in [6, 6.07) is 11.3. The minimum Gasteiger partial charge on any atom is -0.497 e. The maximum atomic E-state index is 13.3. The van der Waals surface area contributed by atoms with Crippen molar-refractivity contribution in [1.29, 1.82) is 0 Å². The Bertz CT molecular complexity index is 1110. The number of methoxy groups -OCH3 is 4. The Morgan fingerprint density at radius 3 is 2.31 bits per heavy atom. The van der Waals surface area contributed by atoms with Gasteiger partial charge in [-0.2, -0.15) is 0 Å². The van der Waals surface area contributed by atoms with Gasteiger partial charge in [0.05, 0.1) is 50.8 Å². The van der Waals surface area contributed by atoms with Gasteiger partial charge in [0.1, 0.15) is 17.2 Å². The molecule has 4 rings (SSSR count). The van der Waals surface area contributed by atoms with Crippen LogP contribution in [0.5, 0.6) is 17.2 Å². The van der Waals surface area contributed by atoms with Gasteiger partial charge < -0.3 is 23.8 Å². The van der Waals surface area contributed by atoms with E-state index in [-0.39, 0.29) is 5.91 Å². The van der Waals surface area contributed by atoms with Crippen LogP contribution in [-0.4, -0.2) is 70.7 Å². The van der Waals surface area contributed by atoms with Gasteiger partial charge in [-0.25, -0.2) is 4.99 Å². The highest BCUT2D eigenvalue weighted by Crippen LogP contribution is 2.40. The lowest BCUT2D eigenvalue weighted by Crippen LogP contribution is -2.32. The zero-order valence-corrected chi connectivity index (χ0v) is 21.4. The highest BCUT2D eigenvalue weighted by atomic mass is 32.2. The molecule has 0 N–H and O–H groups in total. The first-order valence-corrected chi connectivity index (χ1v) is 12.3. The quantitative estimate of drug-likeness (QED) is 0.470. The number of amidine groups is 1. The Kier molecular flexibility index (Phi) is 8.20. The summed E-state index contributed by atoms with van der Waals surface area (Å²) >= 11 is 1.33. The number of carbonyl (C=O) groups excluding carboxylic acids is 1. The Labute approximate surface area is 210 Å². The molecule has 0 aromatic heterocycles. The van der Waals surface area contributed by atoms with Gasteiger partial charge >= 0.3 is 0 Å². The molecular formula is C26H31N3O5S. The smallest absolute Gasteiger partial charge is 0.266 e. The molecule has 0 bridgehead atoms. The van der Waals surface area contributed by atoms with E-state index in [0.29, 0.717) is 29.0 Å². The number of hydrogen-bond acceptors (Lipinski definition) is 8. The summed E-state index contributed by atoms with van der Waals surface area (Å²) in [4.78, 5) is 22.6. The van der Waals surface area contributed by atoms with Gasteiger partial charge in [0.2, 0.25) is 0 Å². The number of hydrogen-bond donors (Lipinski definition) is 0. The molecular weight excluding hydrogens is 466 g/mol. The topological polar surface area (TPSA) is 72.8 Å². The van der Waals surface area contributed by atoms with E-state index in [1.54, 1.807) is 33.3 Å². The second-order valence-corrected chi connectivity index (χ2v) is 9.12. The number of aliphatic imine (C=N–C) groups is 1. The van der Waals surface area contributed by atoms with Gasteiger partial charge in [-0.15, -0.1) is 0 Å². The summed E-state index contributed by atoms with van der Waals surface area (Å²) in [5.74, 6) is 2.08. The van der Waals surface area contributed by atoms with E-state index < -0.39 is 0 Å². The van der Waals surface area contributed by atoms with E-state index in [1.807, 2.05) is 42.5 Å². The third kappa shape index (κ3) is 5.57. The average Bonchev–Trinajstić information content (AvgIpc) is 3.52. The van der Waals surface area contributed by atoms with Crippen LogP contribution < -0.4 is 19.1 Å². The van der Waals surface area contributed by atoms with Crippen LogP contribution in [0.3, 0.4) is 0 Å². The molecule has 2 fully saturated rings. The molecule has 186 valence electrons. The van der Waals surface area contributed by atoms with E-state index in [0.717, 1.165) is 54.4 Å². The van der Waals surface area contributed by atoms with Crippen molar-refractivity contribution in [1.82, 2.24) is 4.90 Å². The van der Waals surface area contributed by atoms with Crippen LogP contribution in [0.4, 0.5) is 11.4 Å². The summed E-state index contributed by atoms with van der Waals surface area (Å²) < 4.78 is 21.9. The van der Waals surface area contributed by atoms with Gasteiger partial charge in [-0.3, -0.25) is 9.69 Å². The Morgan fingerprint density at radius 1 is 0.971 bits per heavy atom. The first-order chi connectivity index (χ1) is 17.1. The fraction of sp³-hybridized carbons (Fsp3) is 0.385. The minimum atomic E-state index is -0.121. The normalized spacial score (nSPS) is 18.1. The highest BCUT2D eigenvalue weighted by Gasteiger charge is 2.33. The van der Waals surface area contributed by atoms with E-state index in [1.165, 1.54) is 11.8 Å². The first-order valence-electron chi connectivity index (χ1n) is 11.5. The number of nitrogens with zero attached hydrogens (tertiary/aromatic N) is 3. The number of rotatable bonds is 9. The SMILES string of the molecule is COCCN1C(=O)/C(=C/c2cc(OC)c(N3CCCC3)cc2OC)SC1=Nc1ccc(OC)cc1. The molecule has 0 unspecified atom stereocenters. The third-order valence-corrected chi connectivity index (χ3v) is 6.98. The van der Waals surface area contributed by atoms with Gasteiger partial charge in [-0.1, -0.05) is 0 Å². The maximum absolute atomic E-state index is 13.3. The molecule has 2 saturated heterocycles. The second kappa shape index (κ2) is 11.5. The van der Waals surface area contributed by atoms with Gasteiger partial charge in [0, 0.05) is 31.8 Å². The summed E-state index contributed by atoms with van der Waals surface area (Å²) in [6.45, 7) is 2.80. The average molecular weight is 498 g/mol. The van der Waals surface area contributed by atoms with E-state index in [9.17, 15) is 4.79 Å². The first kappa shape index (κ1) is 24.9. The van der Waals surface area contributed by atoms with Crippen LogP contribution >= 0.6 is 11.8 Å². The van der Waals surface area contributed by atoms with E-state index >= 15 is 0 Å². The summed E-state index contributed by atoms with van der Waals surface area (Å²) in [6.07, 6.45) is 4.17. The molecule has 8 nitrogen and oxygen atoms in total. The molecule has 2 aliphatic heterocycles. The van der Waals surface area contributed by atoms with Crippen molar-refractivity contribution >= 4 is 40.3 Å². The fourth-order valence-corrected chi connectivity index (χ4v) is 5.12. The summed E-state index contributed by atoms with van der Waals surface area (Å²) in [5.41, 5.74) is 2.53. The van der Waals surface area contributed by atoms with Crippen LogP contribution in [0.25, 0.3) is 6.08 Å². The molecule has 1 amide bonds. The molecule has 9 heteroatoms. The molecule has 0 atom stereocenters. The Balaban J connectivity index is 1.68. The lowest BCUT2D eigenvalue weighted by Gasteiger charge is -2.22. The van der Waals surface area contributed by atoms with Crippen molar-refractivity contribution in [2.45, 2.75) is 12.8 Å². The van der Waals surface area contributed by atoms with Crippen molar-refractivity contribution in [3.63, 3.8) is 0 Å². The van der Waals surface area contributed by atoms with E-state index in [2.05, 4.69) is 4.90 Å². The standard InChI is InChI=1S/C26H31N3O5S/c1-31-14-13-29-25(30)24(35-26(29)27-19-7-9-20(32-2)10-8-19)16-18-15-23(34-4)21(17-22(18)33-3)28-11-5-6-12-28/h7-10,15-17H,5-6,11-14H2,1-4H3/b24-16-,27-26?. The Morgan fingerprint density at radius 2 is 1.69 bits per heavy atom. The molecule has 2 heterocycles. The number of ether oxygens (including phenoxy) is 4. The molecule has 0 radical (unpaired) electrons. The van der Waals surface area contributed by atoms with Crippen LogP contribution in [0, 0.1) is 0 Å². The highest BCUT2D eigenvalue weighted by molar-refractivity contribution is 8.18. The van der Waals surface area contributed by atoms with Crippen molar-refractivity contribution < 1.29 is 23.7 Å². The fourth-order valence-electron chi connectivity index (χ4n) is 4.10. The largest absolute Gasteiger partial charge is 0.497 e. The van der Waals surface area contributed by atoms with Crippen molar-refractivity contribution in [2.75, 3.05) is 59.6 Å². The molecule has 2 aromatic carbocycles. The Hall–Kier alpha value is -3.17. The van der Waals surface area contributed by atoms with Crippen LogP contribution in [0.15, 0.2) is 46.3 Å². The maximum Gasteiger partial charge on any atom is 0.266 e. The lowest BCUT2D eigenvalue weighted by atomic mass is 10.1. The van der Waals surface area contributed by atoms with E-state index in [4.69, 9.17) is 23.9 Å². The predicted octanol–water partition coefficient (Wildman–Crippen LogP) is 4.56. The number of benzene rings is 2. The monoisotopic (exact) mass is 497 g/mol. The zero-order valence-electron chi connectivity index (χ0n) is 20.6. The second-order valence-electron chi connectivity index (χ2n) is 8.11. The molecule has 2 aliphatic rings. The zero-order chi connectivity index (χ0) is 24.8. The molecule has 35 heavy (non-hydrogen) atoms. The molecule has 0 spiro atoms. The van der Waals surface area contributed by atoms with Crippen molar-refractivity contribution in [3.05, 3.63) is 46.9 Å². The van der Waals surface area contributed by atoms with Crippen LogP contribution in [0.1, 0.15) is 18.4 Å². The molecule has 0 aliphatic carbocycles. The van der Waals surface area contributed by atoms with Crippen molar-refractivity contribution in [2.24, 2.45) is 4.99 Å². The van der Waals surface area contributed by atoms with Gasteiger partial charge in [0.15, 0.2) is 5.17 Å². The van der Waals surface area contributed by atoms with Gasteiger partial charge in [-0.05, 0) is 61.0 Å². The predicted molar refractivity (Wildman–Crippen MR) is 140 cm³/mol. The van der Waals surface area contributed by atoms with Crippen molar-refractivity contribution in [3.8, 4) is 17.2 Å². The number of carbonyl (C=O) groups is 1. The number of thioether (sulfide) groups is 1. The number of anilines is 1. The molecule has 2 aromatic rings.